The number of carbonyl (C=O) groups excluding carboxylic acids is 1. The average molecular weight is 813 g/mol. The van der Waals surface area contributed by atoms with Crippen LogP contribution in [0.4, 0.5) is 17.6 Å². The third-order valence-electron chi connectivity index (χ3n) is 6.96. The molecule has 0 aliphatic rings. The van der Waals surface area contributed by atoms with Gasteiger partial charge < -0.3 is 9.84 Å². The molecule has 0 saturated carbocycles. The van der Waals surface area contributed by atoms with E-state index < -0.39 is 17.8 Å². The van der Waals surface area contributed by atoms with E-state index in [1.54, 1.807) is 24.3 Å². The van der Waals surface area contributed by atoms with E-state index in [4.69, 9.17) is 21.4 Å². The van der Waals surface area contributed by atoms with Crippen LogP contribution in [0.1, 0.15) is 54.1 Å². The predicted octanol–water partition coefficient (Wildman–Crippen LogP) is 12.2. The lowest BCUT2D eigenvalue weighted by Gasteiger charge is -2.05. The van der Waals surface area contributed by atoms with Gasteiger partial charge in [0.2, 0.25) is 0 Å². The minimum atomic E-state index is -1.04. The van der Waals surface area contributed by atoms with Crippen molar-refractivity contribution in [1.82, 2.24) is 0 Å². The molecule has 0 unspecified atom stereocenters. The van der Waals surface area contributed by atoms with Gasteiger partial charge in [0.15, 0.2) is 0 Å². The summed E-state index contributed by atoms with van der Waals surface area (Å²) >= 11 is 5.58. The van der Waals surface area contributed by atoms with Gasteiger partial charge in [-0.1, -0.05) is 95.1 Å². The minimum absolute atomic E-state index is 0. The highest BCUT2D eigenvalue weighted by molar-refractivity contribution is 7.59. The van der Waals surface area contributed by atoms with Crippen LogP contribution in [0.5, 0.6) is 0 Å². The van der Waals surface area contributed by atoms with Crippen molar-refractivity contribution in [3.63, 3.8) is 0 Å². The number of hydrogen-bond acceptors (Lipinski definition) is 3. The lowest BCUT2D eigenvalue weighted by atomic mass is 10.2. The largest absolute Gasteiger partial charge is 0.478 e. The highest BCUT2D eigenvalue weighted by atomic mass is 35.5. The summed E-state index contributed by atoms with van der Waals surface area (Å²) in [5, 5.41) is 8.35. The van der Waals surface area contributed by atoms with Gasteiger partial charge in [0.25, 0.3) is 0 Å². The molecule has 0 bridgehead atoms. The van der Waals surface area contributed by atoms with Gasteiger partial charge in [-0.05, 0) is 112 Å². The van der Waals surface area contributed by atoms with Gasteiger partial charge in [-0.3, -0.25) is 0 Å². The molecular formula is C44H45ClF4O4S2. The zero-order chi connectivity index (χ0) is 39.2. The van der Waals surface area contributed by atoms with E-state index in [-0.39, 0.29) is 56.6 Å². The maximum Gasteiger partial charge on any atom is 0.338 e. The number of aromatic carboxylic acids is 1. The molecule has 1 N–H and O–H groups in total. The van der Waals surface area contributed by atoms with E-state index in [9.17, 15) is 27.2 Å². The molecule has 55 heavy (non-hydrogen) atoms. The Morgan fingerprint density at radius 2 is 0.745 bits per heavy atom. The summed E-state index contributed by atoms with van der Waals surface area (Å²) in [5.74, 6) is -2.02. The number of carboxylic acids is 1. The molecule has 6 rings (SSSR count). The van der Waals surface area contributed by atoms with Crippen LogP contribution in [0.3, 0.4) is 0 Å². The molecule has 0 saturated heterocycles. The lowest BCUT2D eigenvalue weighted by Crippen LogP contribution is -2.05. The Morgan fingerprint density at radius 1 is 0.473 bits per heavy atom. The van der Waals surface area contributed by atoms with Gasteiger partial charge in [-0.2, -0.15) is 27.0 Å². The maximum absolute atomic E-state index is 12.7. The first-order chi connectivity index (χ1) is 25.2. The minimum Gasteiger partial charge on any atom is -0.478 e. The quantitative estimate of drug-likeness (QED) is 0.107. The van der Waals surface area contributed by atoms with Gasteiger partial charge in [0.05, 0.1) is 11.1 Å². The summed E-state index contributed by atoms with van der Waals surface area (Å²) in [6, 6.07) is 38.7. The highest BCUT2D eigenvalue weighted by Gasteiger charge is 2.07. The number of esters is 1. The molecule has 0 heterocycles. The van der Waals surface area contributed by atoms with Crippen molar-refractivity contribution < 1.29 is 37.0 Å². The lowest BCUT2D eigenvalue weighted by molar-refractivity contribution is 0.0472. The Labute approximate surface area is 339 Å². The predicted molar refractivity (Wildman–Crippen MR) is 224 cm³/mol. The van der Waals surface area contributed by atoms with Crippen LogP contribution in [0.2, 0.25) is 0 Å². The summed E-state index contributed by atoms with van der Waals surface area (Å²) < 4.78 is 54.1. The molecule has 0 atom stereocenters. The van der Waals surface area contributed by atoms with Crippen LogP contribution in [-0.4, -0.2) is 17.0 Å². The van der Waals surface area contributed by atoms with E-state index in [1.807, 2.05) is 57.2 Å². The number of hydrogen-bond donors (Lipinski definition) is 1. The number of aryl methyl sites for hydroxylation is 4. The molecule has 0 aromatic heterocycles. The van der Waals surface area contributed by atoms with Gasteiger partial charge in [-0.15, -0.1) is 11.6 Å². The fourth-order valence-electron chi connectivity index (χ4n) is 3.84. The first-order valence-corrected chi connectivity index (χ1v) is 16.8. The van der Waals surface area contributed by atoms with Gasteiger partial charge >= 0.3 is 11.9 Å². The molecule has 0 aliphatic carbocycles. The fourth-order valence-corrected chi connectivity index (χ4v) is 4.02. The molecule has 0 spiro atoms. The summed E-state index contributed by atoms with van der Waals surface area (Å²) in [5.41, 5.74) is 7.17. The molecule has 0 amide bonds. The Balaban J connectivity index is 0.000000687. The van der Waals surface area contributed by atoms with Crippen molar-refractivity contribution in [2.75, 3.05) is 0 Å². The average Bonchev–Trinajstić information content (AvgIpc) is 3.15. The van der Waals surface area contributed by atoms with Crippen molar-refractivity contribution in [3.05, 3.63) is 213 Å². The Morgan fingerprint density at radius 3 is 1.04 bits per heavy atom. The standard InChI is InChI=1S/C15H13FO2.C8H9Cl.C7H5FO2.2C7H7F.2H2S/c1-11-2-4-12(5-3-11)10-18-15(17)13-6-8-14(16)9-7-13;1-7-2-4-8(6-9)5-3-7;8-6-3-1-5(2-4-6)7(9)10;2*1-6-2-4-7(8)5-3-6;;/h2-9H,10H2,1H3;2-5H,6H2,1H3;1-4H,(H,9,10);2*2-5H,1H3;2*1H2. The van der Waals surface area contributed by atoms with Crippen molar-refractivity contribution in [1.29, 1.82) is 0 Å². The molecule has 6 aromatic rings. The molecular weight excluding hydrogens is 768 g/mol. The smallest absolute Gasteiger partial charge is 0.338 e. The Bertz CT molecular complexity index is 1860. The normalized spacial score (nSPS) is 9.25. The molecule has 0 radical (unpaired) electrons. The second kappa shape index (κ2) is 27.5. The van der Waals surface area contributed by atoms with Crippen LogP contribution >= 0.6 is 38.6 Å². The van der Waals surface area contributed by atoms with E-state index in [1.165, 1.54) is 71.8 Å². The van der Waals surface area contributed by atoms with Crippen LogP contribution in [0.25, 0.3) is 0 Å². The Kier molecular flexibility index (Phi) is 25.0. The number of carboxylic acid groups (broad SMARTS) is 1. The fraction of sp³-hybridized carbons (Fsp3) is 0.136. The van der Waals surface area contributed by atoms with Crippen LogP contribution in [0.15, 0.2) is 146 Å². The molecule has 0 fully saturated rings. The van der Waals surface area contributed by atoms with E-state index in [2.05, 4.69) is 19.1 Å². The number of carbonyl (C=O) groups is 2. The summed E-state index contributed by atoms with van der Waals surface area (Å²) in [6.07, 6.45) is 0. The van der Waals surface area contributed by atoms with E-state index >= 15 is 0 Å². The summed E-state index contributed by atoms with van der Waals surface area (Å²) in [4.78, 5) is 21.8. The van der Waals surface area contributed by atoms with Crippen LogP contribution < -0.4 is 0 Å². The number of alkyl halides is 1. The number of halogens is 5. The monoisotopic (exact) mass is 812 g/mol. The number of rotatable bonds is 5. The van der Waals surface area contributed by atoms with E-state index in [0.717, 1.165) is 34.4 Å². The summed E-state index contributed by atoms with van der Waals surface area (Å²) in [7, 11) is 0. The first-order valence-electron chi connectivity index (χ1n) is 16.3. The zero-order valence-electron chi connectivity index (χ0n) is 30.8. The second-order valence-corrected chi connectivity index (χ2v) is 11.9. The van der Waals surface area contributed by atoms with Crippen molar-refractivity contribution in [3.8, 4) is 0 Å². The third kappa shape index (κ3) is 22.1. The Hall–Kier alpha value is -5.03. The number of benzene rings is 6. The van der Waals surface area contributed by atoms with Crippen LogP contribution in [0, 0.1) is 51.0 Å². The van der Waals surface area contributed by atoms with Crippen molar-refractivity contribution in [2.45, 2.75) is 40.2 Å². The third-order valence-corrected chi connectivity index (χ3v) is 7.27. The zero-order valence-corrected chi connectivity index (χ0v) is 33.6. The van der Waals surface area contributed by atoms with Gasteiger partial charge in [0, 0.05) is 5.88 Å². The maximum atomic E-state index is 12.7. The molecule has 292 valence electrons. The topological polar surface area (TPSA) is 63.6 Å². The second-order valence-electron chi connectivity index (χ2n) is 11.6. The molecule has 4 nitrogen and oxygen atoms in total. The first kappa shape index (κ1) is 50.0. The van der Waals surface area contributed by atoms with Gasteiger partial charge in [-0.25, -0.2) is 27.2 Å². The summed E-state index contributed by atoms with van der Waals surface area (Å²) in [6.45, 7) is 8.14. The van der Waals surface area contributed by atoms with E-state index in [0.29, 0.717) is 11.4 Å². The highest BCUT2D eigenvalue weighted by Crippen LogP contribution is 2.09. The molecule has 6 aromatic carbocycles. The number of ether oxygens (including phenoxy) is 1. The van der Waals surface area contributed by atoms with Crippen molar-refractivity contribution in [2.24, 2.45) is 0 Å². The van der Waals surface area contributed by atoms with Crippen molar-refractivity contribution >= 4 is 50.5 Å². The molecule has 0 aliphatic heterocycles. The molecule has 11 heteroatoms. The van der Waals surface area contributed by atoms with Gasteiger partial charge in [0.1, 0.15) is 29.9 Å². The SMILES string of the molecule is Cc1ccc(CCl)cc1.Cc1ccc(COC(=O)c2ccc(F)cc2)cc1.Cc1ccc(F)cc1.Cc1ccc(F)cc1.O=C(O)c1ccc(F)cc1.S.S. The van der Waals surface area contributed by atoms with Crippen LogP contribution in [-0.2, 0) is 17.2 Å².